The van der Waals surface area contributed by atoms with Crippen LogP contribution in [0.3, 0.4) is 0 Å². The zero-order chi connectivity index (χ0) is 12.9. The zero-order valence-corrected chi connectivity index (χ0v) is 11.7. The van der Waals surface area contributed by atoms with E-state index >= 15 is 0 Å². The number of thiazole rings is 1. The second-order valence-corrected chi connectivity index (χ2v) is 5.86. The lowest BCUT2D eigenvalue weighted by Gasteiger charge is -2.09. The fraction of sp³-hybridized carbons (Fsp3) is 0.400. The molecule has 1 aromatic heterocycles. The van der Waals surface area contributed by atoms with Crippen molar-refractivity contribution in [3.63, 3.8) is 0 Å². The normalized spacial score (nSPS) is 18.8. The van der Waals surface area contributed by atoms with Gasteiger partial charge in [0.15, 0.2) is 0 Å². The summed E-state index contributed by atoms with van der Waals surface area (Å²) in [4.78, 5) is 4.68. The SMILES string of the molecule is c1ccc(-c2csc(CNC[C@@H]3CCCN3)n2)cc1. The molecule has 1 saturated heterocycles. The maximum absolute atomic E-state index is 4.68. The lowest BCUT2D eigenvalue weighted by Crippen LogP contribution is -2.33. The Labute approximate surface area is 118 Å². The first-order valence-electron chi connectivity index (χ1n) is 6.86. The van der Waals surface area contributed by atoms with E-state index in [0.717, 1.165) is 23.8 Å². The molecule has 0 saturated carbocycles. The van der Waals surface area contributed by atoms with Gasteiger partial charge in [-0.3, -0.25) is 0 Å². The Kier molecular flexibility index (Phi) is 4.23. The molecule has 2 heterocycles. The molecule has 2 N–H and O–H groups in total. The second kappa shape index (κ2) is 6.28. The maximum Gasteiger partial charge on any atom is 0.107 e. The molecule has 1 atom stereocenters. The van der Waals surface area contributed by atoms with Crippen LogP contribution < -0.4 is 10.6 Å². The van der Waals surface area contributed by atoms with Crippen molar-refractivity contribution in [3.8, 4) is 11.3 Å². The molecule has 0 amide bonds. The first-order valence-corrected chi connectivity index (χ1v) is 7.74. The molecule has 1 fully saturated rings. The van der Waals surface area contributed by atoms with Crippen molar-refractivity contribution in [2.24, 2.45) is 0 Å². The van der Waals surface area contributed by atoms with Gasteiger partial charge in [0.05, 0.1) is 5.69 Å². The fourth-order valence-corrected chi connectivity index (χ4v) is 3.19. The smallest absolute Gasteiger partial charge is 0.107 e. The van der Waals surface area contributed by atoms with Gasteiger partial charge in [-0.2, -0.15) is 0 Å². The monoisotopic (exact) mass is 273 g/mol. The highest BCUT2D eigenvalue weighted by molar-refractivity contribution is 7.09. The summed E-state index contributed by atoms with van der Waals surface area (Å²) in [5, 5.41) is 10.3. The first-order chi connectivity index (χ1) is 9.42. The van der Waals surface area contributed by atoms with E-state index in [-0.39, 0.29) is 0 Å². The van der Waals surface area contributed by atoms with E-state index < -0.39 is 0 Å². The molecular formula is C15H19N3S. The van der Waals surface area contributed by atoms with Gasteiger partial charge in [-0.25, -0.2) is 4.98 Å². The van der Waals surface area contributed by atoms with E-state index in [9.17, 15) is 0 Å². The van der Waals surface area contributed by atoms with Gasteiger partial charge in [-0.1, -0.05) is 30.3 Å². The molecule has 0 aliphatic carbocycles. The molecule has 1 aromatic carbocycles. The van der Waals surface area contributed by atoms with Gasteiger partial charge in [0.2, 0.25) is 0 Å². The number of nitrogens with one attached hydrogen (secondary N) is 2. The van der Waals surface area contributed by atoms with Crippen LogP contribution in [-0.2, 0) is 6.54 Å². The van der Waals surface area contributed by atoms with Crippen LogP contribution in [0.1, 0.15) is 17.8 Å². The number of rotatable bonds is 5. The van der Waals surface area contributed by atoms with Crippen LogP contribution in [0.15, 0.2) is 35.7 Å². The minimum atomic E-state index is 0.647. The molecule has 19 heavy (non-hydrogen) atoms. The van der Waals surface area contributed by atoms with E-state index in [1.165, 1.54) is 24.9 Å². The number of hydrogen-bond acceptors (Lipinski definition) is 4. The van der Waals surface area contributed by atoms with Gasteiger partial charge in [0.25, 0.3) is 0 Å². The fourth-order valence-electron chi connectivity index (χ4n) is 2.42. The molecule has 0 bridgehead atoms. The van der Waals surface area contributed by atoms with Crippen LogP contribution in [0.5, 0.6) is 0 Å². The van der Waals surface area contributed by atoms with E-state index in [1.807, 2.05) is 6.07 Å². The Bertz CT molecular complexity index is 503. The predicted octanol–water partition coefficient (Wildman–Crippen LogP) is 2.65. The Morgan fingerprint density at radius 1 is 1.32 bits per heavy atom. The Morgan fingerprint density at radius 2 is 2.21 bits per heavy atom. The molecule has 3 rings (SSSR count). The highest BCUT2D eigenvalue weighted by atomic mass is 32.1. The summed E-state index contributed by atoms with van der Waals surface area (Å²) in [5.74, 6) is 0. The second-order valence-electron chi connectivity index (χ2n) is 4.92. The molecule has 4 heteroatoms. The molecule has 0 radical (unpaired) electrons. The van der Waals surface area contributed by atoms with Crippen molar-refractivity contribution < 1.29 is 0 Å². The highest BCUT2D eigenvalue weighted by Gasteiger charge is 2.13. The topological polar surface area (TPSA) is 37.0 Å². The summed E-state index contributed by atoms with van der Waals surface area (Å²) in [7, 11) is 0. The van der Waals surface area contributed by atoms with E-state index in [4.69, 9.17) is 0 Å². The third-order valence-electron chi connectivity index (χ3n) is 3.45. The van der Waals surface area contributed by atoms with Crippen molar-refractivity contribution in [1.82, 2.24) is 15.6 Å². The van der Waals surface area contributed by atoms with Crippen LogP contribution >= 0.6 is 11.3 Å². The minimum Gasteiger partial charge on any atom is -0.313 e. The van der Waals surface area contributed by atoms with Gasteiger partial charge in [-0.15, -0.1) is 11.3 Å². The van der Waals surface area contributed by atoms with Crippen molar-refractivity contribution in [3.05, 3.63) is 40.7 Å². The molecule has 2 aromatic rings. The minimum absolute atomic E-state index is 0.647. The molecule has 1 aliphatic rings. The zero-order valence-electron chi connectivity index (χ0n) is 10.9. The van der Waals surface area contributed by atoms with Crippen LogP contribution in [0.25, 0.3) is 11.3 Å². The predicted molar refractivity (Wildman–Crippen MR) is 80.3 cm³/mol. The Hall–Kier alpha value is -1.23. The molecular weight excluding hydrogens is 254 g/mol. The van der Waals surface area contributed by atoms with E-state index in [1.54, 1.807) is 11.3 Å². The van der Waals surface area contributed by atoms with Crippen molar-refractivity contribution in [2.75, 3.05) is 13.1 Å². The molecule has 0 spiro atoms. The van der Waals surface area contributed by atoms with E-state index in [0.29, 0.717) is 6.04 Å². The lowest BCUT2D eigenvalue weighted by atomic mass is 10.2. The molecule has 100 valence electrons. The Balaban J connectivity index is 1.53. The van der Waals surface area contributed by atoms with Gasteiger partial charge in [-0.05, 0) is 19.4 Å². The third kappa shape index (κ3) is 3.41. The summed E-state index contributed by atoms with van der Waals surface area (Å²) in [5.41, 5.74) is 2.28. The van der Waals surface area contributed by atoms with Gasteiger partial charge in [0, 0.05) is 30.1 Å². The summed E-state index contributed by atoms with van der Waals surface area (Å²) in [6, 6.07) is 11.0. The van der Waals surface area contributed by atoms with Crippen LogP contribution in [0.4, 0.5) is 0 Å². The number of benzene rings is 1. The quantitative estimate of drug-likeness (QED) is 0.879. The average Bonchev–Trinajstić information content (AvgIpc) is 3.11. The number of aromatic nitrogens is 1. The average molecular weight is 273 g/mol. The standard InChI is InChI=1S/C15H19N3S/c1-2-5-12(6-3-1)14-11-19-15(18-14)10-16-9-13-7-4-8-17-13/h1-3,5-6,11,13,16-17H,4,7-10H2/t13-/m0/s1. The Morgan fingerprint density at radius 3 is 3.00 bits per heavy atom. The third-order valence-corrected chi connectivity index (χ3v) is 4.30. The molecule has 0 unspecified atom stereocenters. The van der Waals surface area contributed by atoms with Crippen LogP contribution in [0.2, 0.25) is 0 Å². The largest absolute Gasteiger partial charge is 0.313 e. The van der Waals surface area contributed by atoms with E-state index in [2.05, 4.69) is 45.3 Å². The maximum atomic E-state index is 4.68. The highest BCUT2D eigenvalue weighted by Crippen LogP contribution is 2.21. The summed E-state index contributed by atoms with van der Waals surface area (Å²) < 4.78 is 0. The van der Waals surface area contributed by atoms with Crippen molar-refractivity contribution in [2.45, 2.75) is 25.4 Å². The number of hydrogen-bond donors (Lipinski definition) is 2. The summed E-state index contributed by atoms with van der Waals surface area (Å²) in [6.07, 6.45) is 2.60. The van der Waals surface area contributed by atoms with Crippen molar-refractivity contribution in [1.29, 1.82) is 0 Å². The van der Waals surface area contributed by atoms with Crippen molar-refractivity contribution >= 4 is 11.3 Å². The van der Waals surface area contributed by atoms with Crippen LogP contribution in [0, 0.1) is 0 Å². The van der Waals surface area contributed by atoms with Gasteiger partial charge >= 0.3 is 0 Å². The molecule has 3 nitrogen and oxygen atoms in total. The lowest BCUT2D eigenvalue weighted by molar-refractivity contribution is 0.535. The van der Waals surface area contributed by atoms with Gasteiger partial charge < -0.3 is 10.6 Å². The first kappa shape index (κ1) is 12.8. The molecule has 1 aliphatic heterocycles. The van der Waals surface area contributed by atoms with Crippen LogP contribution in [-0.4, -0.2) is 24.1 Å². The van der Waals surface area contributed by atoms with Gasteiger partial charge in [0.1, 0.15) is 5.01 Å². The summed E-state index contributed by atoms with van der Waals surface area (Å²) >= 11 is 1.73. The number of nitrogens with zero attached hydrogens (tertiary/aromatic N) is 1. The summed E-state index contributed by atoms with van der Waals surface area (Å²) in [6.45, 7) is 3.08.